The third kappa shape index (κ3) is 7.34. The number of hydrogen-bond donors (Lipinski definition) is 2. The minimum atomic E-state index is -0.887. The lowest BCUT2D eigenvalue weighted by Gasteiger charge is -2.35. The Labute approximate surface area is 201 Å². The van der Waals surface area contributed by atoms with Gasteiger partial charge in [0, 0.05) is 6.42 Å². The topological polar surface area (TPSA) is 112 Å². The molecule has 2 N–H and O–H groups in total. The normalized spacial score (nSPS) is 38.1. The van der Waals surface area contributed by atoms with Gasteiger partial charge in [-0.3, -0.25) is 0 Å². The van der Waals surface area contributed by atoms with Gasteiger partial charge in [-0.2, -0.15) is 0 Å². The molecule has 0 heterocycles. The van der Waals surface area contributed by atoms with Crippen LogP contribution in [0.5, 0.6) is 0 Å². The minimum absolute atomic E-state index is 0.0762. The van der Waals surface area contributed by atoms with Crippen LogP contribution in [0.25, 0.3) is 0 Å². The van der Waals surface area contributed by atoms with E-state index in [1.165, 1.54) is 0 Å². The first-order chi connectivity index (χ1) is 16.3. The number of aliphatic hydroxyl groups is 2. The summed E-state index contributed by atoms with van der Waals surface area (Å²) in [5.41, 5.74) is 0. The van der Waals surface area contributed by atoms with Crippen LogP contribution in [0.3, 0.4) is 0 Å². The number of ether oxygens (including phenoxy) is 4. The largest absolute Gasteiger partial charge is 0.509 e. The average Bonchev–Trinajstić information content (AvgIpc) is 2.80. The standard InChI is InChI=1S/C26H38O8/c1-4-16-7-9-22(21(28)13-16)32-26(30)34-24-14-17(5-2)8-10-23(24)33-25(29)31-20-12-18(6-3)11-19(27)15-20/h4-6,16-24,27-28H,1-3,7-15H2. The fourth-order valence-electron chi connectivity index (χ4n) is 5.24. The molecule has 0 aliphatic heterocycles. The number of carbonyl (C=O) groups is 2. The zero-order valence-corrected chi connectivity index (χ0v) is 19.8. The van der Waals surface area contributed by atoms with Crippen LogP contribution >= 0.6 is 0 Å². The van der Waals surface area contributed by atoms with E-state index in [4.69, 9.17) is 18.9 Å². The van der Waals surface area contributed by atoms with Gasteiger partial charge in [0.05, 0.1) is 12.2 Å². The molecule has 9 unspecified atom stereocenters. The lowest BCUT2D eigenvalue weighted by molar-refractivity contribution is -0.106. The van der Waals surface area contributed by atoms with Crippen molar-refractivity contribution >= 4 is 12.3 Å². The first-order valence-corrected chi connectivity index (χ1v) is 12.3. The molecule has 0 amide bonds. The molecule has 3 saturated carbocycles. The molecular weight excluding hydrogens is 440 g/mol. The fourth-order valence-corrected chi connectivity index (χ4v) is 5.24. The quantitative estimate of drug-likeness (QED) is 0.408. The average molecular weight is 479 g/mol. The van der Waals surface area contributed by atoms with Crippen LogP contribution in [0, 0.1) is 17.8 Å². The van der Waals surface area contributed by atoms with Crippen molar-refractivity contribution in [3.8, 4) is 0 Å². The van der Waals surface area contributed by atoms with Gasteiger partial charge in [-0.1, -0.05) is 18.2 Å². The van der Waals surface area contributed by atoms with Gasteiger partial charge in [-0.15, -0.1) is 19.7 Å². The summed E-state index contributed by atoms with van der Waals surface area (Å²) in [5.74, 6) is 0.393. The number of aliphatic hydroxyl groups excluding tert-OH is 2. The van der Waals surface area contributed by atoms with Gasteiger partial charge in [0.25, 0.3) is 0 Å². The number of hydrogen-bond acceptors (Lipinski definition) is 8. The summed E-state index contributed by atoms with van der Waals surface area (Å²) in [5, 5.41) is 20.3. The van der Waals surface area contributed by atoms with Crippen molar-refractivity contribution in [1.82, 2.24) is 0 Å². The molecule has 0 bridgehead atoms. The summed E-state index contributed by atoms with van der Waals surface area (Å²) in [4.78, 5) is 25.0. The highest BCUT2D eigenvalue weighted by molar-refractivity contribution is 5.62. The highest BCUT2D eigenvalue weighted by Crippen LogP contribution is 2.32. The van der Waals surface area contributed by atoms with Crippen LogP contribution in [0.15, 0.2) is 38.0 Å². The van der Waals surface area contributed by atoms with Crippen LogP contribution < -0.4 is 0 Å². The summed E-state index contributed by atoms with van der Waals surface area (Å²) >= 11 is 0. The molecule has 0 radical (unpaired) electrons. The SMILES string of the molecule is C=CC1CC(O)CC(OC(=O)OC2CCC(C=C)CC2OC(=O)OC2CCC(C=C)CC2O)C1. The van der Waals surface area contributed by atoms with E-state index in [0.29, 0.717) is 44.9 Å². The van der Waals surface area contributed by atoms with Crippen molar-refractivity contribution in [1.29, 1.82) is 0 Å². The first kappa shape index (κ1) is 26.3. The number of allylic oxidation sites excluding steroid dienone is 3. The molecule has 8 heteroatoms. The van der Waals surface area contributed by atoms with Crippen molar-refractivity contribution in [2.24, 2.45) is 17.8 Å². The third-order valence-corrected chi connectivity index (χ3v) is 7.25. The molecular formula is C26H38O8. The van der Waals surface area contributed by atoms with E-state index in [1.54, 1.807) is 12.2 Å². The predicted octanol–water partition coefficient (Wildman–Crippen LogP) is 4.45. The van der Waals surface area contributed by atoms with E-state index in [-0.39, 0.29) is 17.8 Å². The van der Waals surface area contributed by atoms with Gasteiger partial charge < -0.3 is 29.2 Å². The molecule has 0 aromatic heterocycles. The van der Waals surface area contributed by atoms with Crippen molar-refractivity contribution in [3.63, 3.8) is 0 Å². The lowest BCUT2D eigenvalue weighted by Crippen LogP contribution is -2.43. The van der Waals surface area contributed by atoms with Crippen molar-refractivity contribution < 1.29 is 38.7 Å². The Hall–Kier alpha value is -2.32. The monoisotopic (exact) mass is 478 g/mol. The first-order valence-electron chi connectivity index (χ1n) is 12.3. The van der Waals surface area contributed by atoms with Crippen LogP contribution in [-0.4, -0.2) is 59.1 Å². The molecule has 190 valence electrons. The van der Waals surface area contributed by atoms with Crippen molar-refractivity contribution in [3.05, 3.63) is 38.0 Å². The summed E-state index contributed by atoms with van der Waals surface area (Å²) in [6.07, 6.45) is 4.83. The van der Waals surface area contributed by atoms with Crippen LogP contribution in [0.1, 0.15) is 57.8 Å². The zero-order valence-electron chi connectivity index (χ0n) is 19.8. The van der Waals surface area contributed by atoms with Gasteiger partial charge in [-0.25, -0.2) is 9.59 Å². The lowest BCUT2D eigenvalue weighted by atomic mass is 9.85. The van der Waals surface area contributed by atoms with Crippen molar-refractivity contribution in [2.45, 2.75) is 94.4 Å². The Morgan fingerprint density at radius 2 is 1.18 bits per heavy atom. The smallest absolute Gasteiger partial charge is 0.431 e. The van der Waals surface area contributed by atoms with E-state index in [0.717, 1.165) is 12.8 Å². The summed E-state index contributed by atoms with van der Waals surface area (Å²) in [6.45, 7) is 11.3. The van der Waals surface area contributed by atoms with E-state index >= 15 is 0 Å². The van der Waals surface area contributed by atoms with Crippen LogP contribution in [0.2, 0.25) is 0 Å². The van der Waals surface area contributed by atoms with Gasteiger partial charge in [-0.05, 0) is 69.1 Å². The Morgan fingerprint density at radius 3 is 1.82 bits per heavy atom. The molecule has 0 spiro atoms. The third-order valence-electron chi connectivity index (χ3n) is 7.25. The molecule has 9 atom stereocenters. The van der Waals surface area contributed by atoms with E-state index in [1.807, 2.05) is 6.08 Å². The molecule has 34 heavy (non-hydrogen) atoms. The molecule has 3 rings (SSSR count). The summed E-state index contributed by atoms with van der Waals surface area (Å²) < 4.78 is 22.0. The second kappa shape index (κ2) is 12.4. The van der Waals surface area contributed by atoms with E-state index in [9.17, 15) is 19.8 Å². The maximum Gasteiger partial charge on any atom is 0.509 e. The summed E-state index contributed by atoms with van der Waals surface area (Å²) in [6, 6.07) is 0. The molecule has 3 fully saturated rings. The van der Waals surface area contributed by atoms with Crippen molar-refractivity contribution in [2.75, 3.05) is 0 Å². The molecule has 0 saturated heterocycles. The van der Waals surface area contributed by atoms with E-state index in [2.05, 4.69) is 19.7 Å². The van der Waals surface area contributed by atoms with Gasteiger partial charge >= 0.3 is 12.3 Å². The Balaban J connectivity index is 1.54. The predicted molar refractivity (Wildman–Crippen MR) is 125 cm³/mol. The van der Waals surface area contributed by atoms with Gasteiger partial charge in [0.15, 0.2) is 0 Å². The maximum absolute atomic E-state index is 12.5. The zero-order chi connectivity index (χ0) is 24.7. The Kier molecular flexibility index (Phi) is 9.59. The number of carbonyl (C=O) groups excluding carboxylic acids is 2. The molecule has 0 aromatic carbocycles. The van der Waals surface area contributed by atoms with Crippen LogP contribution in [0.4, 0.5) is 9.59 Å². The Morgan fingerprint density at radius 1 is 0.618 bits per heavy atom. The fraction of sp³-hybridized carbons (Fsp3) is 0.692. The van der Waals surface area contributed by atoms with Gasteiger partial charge in [0.1, 0.15) is 24.4 Å². The Bertz CT molecular complexity index is 736. The van der Waals surface area contributed by atoms with Gasteiger partial charge in [0.2, 0.25) is 0 Å². The highest BCUT2D eigenvalue weighted by atomic mass is 16.8. The summed E-state index contributed by atoms with van der Waals surface area (Å²) in [7, 11) is 0. The number of rotatable bonds is 7. The second-order valence-electron chi connectivity index (χ2n) is 9.75. The molecule has 3 aliphatic rings. The maximum atomic E-state index is 12.5. The second-order valence-corrected chi connectivity index (χ2v) is 9.75. The highest BCUT2D eigenvalue weighted by Gasteiger charge is 2.38. The van der Waals surface area contributed by atoms with Crippen LogP contribution in [-0.2, 0) is 18.9 Å². The molecule has 8 nitrogen and oxygen atoms in total. The van der Waals surface area contributed by atoms with E-state index < -0.39 is 48.9 Å². The minimum Gasteiger partial charge on any atom is -0.431 e. The molecule has 3 aliphatic carbocycles. The molecule has 0 aromatic rings.